The lowest BCUT2D eigenvalue weighted by Gasteiger charge is -2.21. The van der Waals surface area contributed by atoms with Gasteiger partial charge in [0.2, 0.25) is 0 Å². The van der Waals surface area contributed by atoms with E-state index in [1.54, 1.807) is 13.0 Å². The number of aliphatic hydroxyl groups is 2. The fourth-order valence-corrected chi connectivity index (χ4v) is 1.44. The Hall–Kier alpha value is -1.40. The molecule has 5 N–H and O–H groups in total. The van der Waals surface area contributed by atoms with Gasteiger partial charge >= 0.3 is 0 Å². The van der Waals surface area contributed by atoms with Gasteiger partial charge in [0.05, 0.1) is 6.61 Å². The van der Waals surface area contributed by atoms with Crippen LogP contribution < -0.4 is 11.1 Å². The van der Waals surface area contributed by atoms with Crippen LogP contribution in [0.3, 0.4) is 0 Å². The third-order valence-electron chi connectivity index (χ3n) is 2.70. The summed E-state index contributed by atoms with van der Waals surface area (Å²) in [4.78, 5) is 8.51. The molecule has 0 spiro atoms. The van der Waals surface area contributed by atoms with Crippen molar-refractivity contribution in [3.05, 3.63) is 11.9 Å². The summed E-state index contributed by atoms with van der Waals surface area (Å²) < 4.78 is 0. The number of nitrogen functional groups attached to an aromatic ring is 1. The largest absolute Gasteiger partial charge is 0.393 e. The van der Waals surface area contributed by atoms with E-state index in [4.69, 9.17) is 10.8 Å². The van der Waals surface area contributed by atoms with Crippen molar-refractivity contribution in [1.82, 2.24) is 9.97 Å². The number of nitrogens with two attached hydrogens (primary N) is 1. The first-order chi connectivity index (χ1) is 8.00. The molecule has 6 nitrogen and oxygen atoms in total. The zero-order valence-electron chi connectivity index (χ0n) is 9.85. The molecule has 0 aliphatic heterocycles. The van der Waals surface area contributed by atoms with Crippen molar-refractivity contribution in [1.29, 1.82) is 0 Å². The van der Waals surface area contributed by atoms with Crippen molar-refractivity contribution in [2.75, 3.05) is 24.2 Å². The van der Waals surface area contributed by atoms with E-state index < -0.39 is 5.60 Å². The molecule has 6 heteroatoms. The quantitative estimate of drug-likeness (QED) is 0.579. The van der Waals surface area contributed by atoms with Crippen molar-refractivity contribution in [2.45, 2.75) is 31.3 Å². The van der Waals surface area contributed by atoms with Crippen LogP contribution in [-0.2, 0) is 0 Å². The van der Waals surface area contributed by atoms with Gasteiger partial charge in [-0.05, 0) is 19.8 Å². The summed E-state index contributed by atoms with van der Waals surface area (Å²) in [6, 6.07) is 1.62. The van der Waals surface area contributed by atoms with Crippen molar-refractivity contribution >= 4 is 11.6 Å². The molecule has 2 rings (SSSR count). The van der Waals surface area contributed by atoms with E-state index in [1.807, 2.05) is 0 Å². The number of hydrogen-bond acceptors (Lipinski definition) is 6. The molecule has 1 heterocycles. The number of aromatic nitrogens is 2. The molecule has 1 fully saturated rings. The summed E-state index contributed by atoms with van der Waals surface area (Å²) in [5, 5.41) is 21.5. The highest BCUT2D eigenvalue weighted by molar-refractivity contribution is 5.45. The molecule has 17 heavy (non-hydrogen) atoms. The molecule has 0 radical (unpaired) electrons. The molecule has 1 unspecified atom stereocenters. The van der Waals surface area contributed by atoms with Crippen LogP contribution in [0.4, 0.5) is 11.6 Å². The maximum Gasteiger partial charge on any atom is 0.136 e. The molecule has 0 saturated heterocycles. The monoisotopic (exact) mass is 238 g/mol. The minimum atomic E-state index is -1.17. The van der Waals surface area contributed by atoms with E-state index in [0.717, 1.165) is 18.7 Å². The van der Waals surface area contributed by atoms with Crippen molar-refractivity contribution in [3.8, 4) is 0 Å². The predicted molar refractivity (Wildman–Crippen MR) is 64.6 cm³/mol. The minimum absolute atomic E-state index is 0.212. The Labute approximate surface area is 99.9 Å². The summed E-state index contributed by atoms with van der Waals surface area (Å²) in [6.07, 6.45) is 2.22. The van der Waals surface area contributed by atoms with Crippen LogP contribution in [0, 0.1) is 0 Å². The standard InChI is InChI=1S/C11H18N4O2/c1-11(17,6-16)5-13-9-4-8(12)14-10(15-9)7-2-3-7/h4,7,16-17H,2-3,5-6H2,1H3,(H3,12,13,14,15). The summed E-state index contributed by atoms with van der Waals surface area (Å²) in [5.74, 6) is 2.20. The van der Waals surface area contributed by atoms with Gasteiger partial charge in [0.25, 0.3) is 0 Å². The fraction of sp³-hybridized carbons (Fsp3) is 0.636. The molecular formula is C11H18N4O2. The second-order valence-corrected chi connectivity index (χ2v) is 4.82. The van der Waals surface area contributed by atoms with E-state index >= 15 is 0 Å². The Morgan fingerprint density at radius 1 is 1.53 bits per heavy atom. The molecule has 1 saturated carbocycles. The summed E-state index contributed by atoms with van der Waals surface area (Å²) >= 11 is 0. The van der Waals surface area contributed by atoms with Gasteiger partial charge in [-0.2, -0.15) is 0 Å². The average Bonchev–Trinajstić information content (AvgIpc) is 3.10. The third kappa shape index (κ3) is 3.28. The van der Waals surface area contributed by atoms with E-state index in [9.17, 15) is 5.11 Å². The number of aliphatic hydroxyl groups excluding tert-OH is 1. The van der Waals surface area contributed by atoms with Gasteiger partial charge in [-0.1, -0.05) is 0 Å². The van der Waals surface area contributed by atoms with Gasteiger partial charge in [0.15, 0.2) is 0 Å². The highest BCUT2D eigenvalue weighted by Crippen LogP contribution is 2.38. The second kappa shape index (κ2) is 4.46. The van der Waals surface area contributed by atoms with Gasteiger partial charge in [-0.3, -0.25) is 0 Å². The molecule has 0 bridgehead atoms. The number of hydrogen-bond donors (Lipinski definition) is 4. The summed E-state index contributed by atoms with van der Waals surface area (Å²) in [7, 11) is 0. The van der Waals surface area contributed by atoms with E-state index in [2.05, 4.69) is 15.3 Å². The molecule has 1 aliphatic carbocycles. The molecule has 1 aliphatic rings. The average molecular weight is 238 g/mol. The number of nitrogens with zero attached hydrogens (tertiary/aromatic N) is 2. The Bertz CT molecular complexity index is 404. The van der Waals surface area contributed by atoms with Crippen molar-refractivity contribution in [2.24, 2.45) is 0 Å². The first-order valence-corrected chi connectivity index (χ1v) is 5.72. The lowest BCUT2D eigenvalue weighted by Crippen LogP contribution is -2.37. The highest BCUT2D eigenvalue weighted by Gasteiger charge is 2.27. The van der Waals surface area contributed by atoms with Crippen LogP contribution in [0.2, 0.25) is 0 Å². The van der Waals surface area contributed by atoms with E-state index in [-0.39, 0.29) is 13.2 Å². The van der Waals surface area contributed by atoms with Crippen LogP contribution in [-0.4, -0.2) is 38.9 Å². The molecule has 1 aromatic heterocycles. The number of rotatable bonds is 5. The Morgan fingerprint density at radius 3 is 2.82 bits per heavy atom. The maximum absolute atomic E-state index is 9.66. The summed E-state index contributed by atoms with van der Waals surface area (Å²) in [5.41, 5.74) is 4.53. The molecular weight excluding hydrogens is 220 g/mol. The zero-order chi connectivity index (χ0) is 12.5. The highest BCUT2D eigenvalue weighted by atomic mass is 16.3. The number of nitrogens with one attached hydrogen (secondary N) is 1. The van der Waals surface area contributed by atoms with Gasteiger partial charge in [-0.25, -0.2) is 9.97 Å². The van der Waals surface area contributed by atoms with Gasteiger partial charge in [0.1, 0.15) is 23.1 Å². The SMILES string of the molecule is CC(O)(CO)CNc1cc(N)nc(C2CC2)n1. The van der Waals surface area contributed by atoms with Gasteiger partial charge in [0, 0.05) is 18.5 Å². The maximum atomic E-state index is 9.66. The smallest absolute Gasteiger partial charge is 0.136 e. The van der Waals surface area contributed by atoms with Crippen LogP contribution >= 0.6 is 0 Å². The topological polar surface area (TPSA) is 104 Å². The number of anilines is 2. The molecule has 1 atom stereocenters. The van der Waals surface area contributed by atoms with E-state index in [1.165, 1.54) is 0 Å². The minimum Gasteiger partial charge on any atom is -0.393 e. The first kappa shape index (κ1) is 12.1. The van der Waals surface area contributed by atoms with Crippen LogP contribution in [0.5, 0.6) is 0 Å². The summed E-state index contributed by atoms with van der Waals surface area (Å²) in [6.45, 7) is 1.45. The molecule has 0 amide bonds. The third-order valence-corrected chi connectivity index (χ3v) is 2.70. The molecule has 0 aromatic carbocycles. The fourth-order valence-electron chi connectivity index (χ4n) is 1.44. The lowest BCUT2D eigenvalue weighted by atomic mass is 10.1. The van der Waals surface area contributed by atoms with Gasteiger partial charge in [-0.15, -0.1) is 0 Å². The van der Waals surface area contributed by atoms with Crippen molar-refractivity contribution < 1.29 is 10.2 Å². The Kier molecular flexibility index (Phi) is 3.17. The van der Waals surface area contributed by atoms with Crippen LogP contribution in [0.1, 0.15) is 31.5 Å². The zero-order valence-corrected chi connectivity index (χ0v) is 9.85. The normalized spacial score (nSPS) is 18.8. The van der Waals surface area contributed by atoms with Crippen LogP contribution in [0.25, 0.3) is 0 Å². The van der Waals surface area contributed by atoms with E-state index in [0.29, 0.717) is 17.6 Å². The second-order valence-electron chi connectivity index (χ2n) is 4.82. The predicted octanol–water partition coefficient (Wildman–Crippen LogP) is 0.0914. The first-order valence-electron chi connectivity index (χ1n) is 5.72. The Balaban J connectivity index is 2.05. The molecule has 1 aromatic rings. The Morgan fingerprint density at radius 2 is 2.24 bits per heavy atom. The van der Waals surface area contributed by atoms with Gasteiger partial charge < -0.3 is 21.3 Å². The lowest BCUT2D eigenvalue weighted by molar-refractivity contribution is 0.0131. The van der Waals surface area contributed by atoms with Crippen LogP contribution in [0.15, 0.2) is 6.07 Å². The molecule has 94 valence electrons. The van der Waals surface area contributed by atoms with Crippen molar-refractivity contribution in [3.63, 3.8) is 0 Å².